The first kappa shape index (κ1) is 23.4. The highest BCUT2D eigenvalue weighted by molar-refractivity contribution is 5.89. The lowest BCUT2D eigenvalue weighted by atomic mass is 10.1. The van der Waals surface area contributed by atoms with Crippen LogP contribution in [0.15, 0.2) is 0 Å². The number of halogens is 2. The SMILES string of the molecule is CCN1CCCC1CN1CC(C(=O)NCCCNC)CC1=O.Cl.Cl. The van der Waals surface area contributed by atoms with E-state index in [0.717, 1.165) is 32.6 Å². The van der Waals surface area contributed by atoms with Crippen molar-refractivity contribution < 1.29 is 9.59 Å². The molecular weight excluding hydrogens is 351 g/mol. The maximum Gasteiger partial charge on any atom is 0.225 e. The summed E-state index contributed by atoms with van der Waals surface area (Å²) < 4.78 is 0. The predicted molar refractivity (Wildman–Crippen MR) is 101 cm³/mol. The number of likely N-dealkylation sites (tertiary alicyclic amines) is 2. The lowest BCUT2D eigenvalue weighted by Crippen LogP contribution is -2.41. The third kappa shape index (κ3) is 6.39. The third-order valence-electron chi connectivity index (χ3n) is 4.82. The standard InChI is InChI=1S/C16H30N4O2.2ClH/c1-3-19-9-4-6-14(19)12-20-11-13(10-15(20)21)16(22)18-8-5-7-17-2;;/h13-14,17H,3-12H2,1-2H3,(H,18,22);2*1H. The molecule has 0 aromatic heterocycles. The van der Waals surface area contributed by atoms with Gasteiger partial charge in [0, 0.05) is 32.1 Å². The van der Waals surface area contributed by atoms with E-state index in [1.165, 1.54) is 12.8 Å². The number of hydrogen-bond donors (Lipinski definition) is 2. The molecule has 6 nitrogen and oxygen atoms in total. The second kappa shape index (κ2) is 11.9. The Balaban J connectivity index is 0.00000264. The van der Waals surface area contributed by atoms with E-state index in [2.05, 4.69) is 22.5 Å². The Bertz CT molecular complexity index is 398. The van der Waals surface area contributed by atoms with Crippen molar-refractivity contribution in [1.82, 2.24) is 20.4 Å². The van der Waals surface area contributed by atoms with Crippen molar-refractivity contribution in [3.8, 4) is 0 Å². The van der Waals surface area contributed by atoms with Gasteiger partial charge in [0.1, 0.15) is 0 Å². The quantitative estimate of drug-likeness (QED) is 0.611. The van der Waals surface area contributed by atoms with E-state index in [-0.39, 0.29) is 42.5 Å². The summed E-state index contributed by atoms with van der Waals surface area (Å²) in [4.78, 5) is 28.6. The number of likely N-dealkylation sites (N-methyl/N-ethyl adjacent to an activating group) is 1. The van der Waals surface area contributed by atoms with Crippen molar-refractivity contribution in [2.75, 3.05) is 46.3 Å². The summed E-state index contributed by atoms with van der Waals surface area (Å²) in [5, 5.41) is 6.00. The number of nitrogens with zero attached hydrogens (tertiary/aromatic N) is 2. The van der Waals surface area contributed by atoms with Crippen LogP contribution in [0.5, 0.6) is 0 Å². The molecule has 0 aromatic carbocycles. The number of rotatable bonds is 8. The second-order valence-corrected chi connectivity index (χ2v) is 6.37. The van der Waals surface area contributed by atoms with Crippen LogP contribution in [-0.4, -0.2) is 74.0 Å². The molecule has 2 heterocycles. The highest BCUT2D eigenvalue weighted by Gasteiger charge is 2.36. The molecule has 8 heteroatoms. The van der Waals surface area contributed by atoms with E-state index < -0.39 is 0 Å². The molecule has 0 aliphatic carbocycles. The molecule has 0 aromatic rings. The van der Waals surface area contributed by atoms with Crippen molar-refractivity contribution in [3.63, 3.8) is 0 Å². The molecule has 2 fully saturated rings. The minimum Gasteiger partial charge on any atom is -0.356 e. The number of carbonyl (C=O) groups is 2. The summed E-state index contributed by atoms with van der Waals surface area (Å²) in [7, 11) is 1.90. The fourth-order valence-electron chi connectivity index (χ4n) is 3.52. The maximum atomic E-state index is 12.2. The number of carbonyl (C=O) groups excluding carboxylic acids is 2. The Kier molecular flexibility index (Phi) is 11.6. The molecule has 2 rings (SSSR count). The fraction of sp³-hybridized carbons (Fsp3) is 0.875. The summed E-state index contributed by atoms with van der Waals surface area (Å²) in [6.45, 7) is 7.30. The molecule has 2 saturated heterocycles. The predicted octanol–water partition coefficient (Wildman–Crippen LogP) is 0.889. The fourth-order valence-corrected chi connectivity index (χ4v) is 3.52. The molecule has 2 N–H and O–H groups in total. The van der Waals surface area contributed by atoms with Crippen molar-refractivity contribution in [2.45, 2.75) is 38.6 Å². The van der Waals surface area contributed by atoms with Gasteiger partial charge >= 0.3 is 0 Å². The third-order valence-corrected chi connectivity index (χ3v) is 4.82. The number of amides is 2. The van der Waals surface area contributed by atoms with Crippen LogP contribution in [-0.2, 0) is 9.59 Å². The lowest BCUT2D eigenvalue weighted by molar-refractivity contribution is -0.129. The summed E-state index contributed by atoms with van der Waals surface area (Å²) in [5.74, 6) is 0.00242. The Hall–Kier alpha value is -0.560. The van der Waals surface area contributed by atoms with Crippen LogP contribution in [0.25, 0.3) is 0 Å². The molecule has 2 unspecified atom stereocenters. The van der Waals surface area contributed by atoms with Gasteiger partial charge in [-0.3, -0.25) is 14.5 Å². The van der Waals surface area contributed by atoms with Gasteiger partial charge < -0.3 is 15.5 Å². The van der Waals surface area contributed by atoms with Gasteiger partial charge in [0.25, 0.3) is 0 Å². The average Bonchev–Trinajstić information content (AvgIpc) is 3.11. The van der Waals surface area contributed by atoms with Crippen LogP contribution in [0.1, 0.15) is 32.6 Å². The number of hydrogen-bond acceptors (Lipinski definition) is 4. The van der Waals surface area contributed by atoms with Crippen molar-refractivity contribution >= 4 is 36.6 Å². The zero-order valence-electron chi connectivity index (χ0n) is 14.8. The monoisotopic (exact) mass is 382 g/mol. The molecule has 2 atom stereocenters. The first-order valence-electron chi connectivity index (χ1n) is 8.59. The molecule has 142 valence electrons. The zero-order valence-corrected chi connectivity index (χ0v) is 16.4. The van der Waals surface area contributed by atoms with Crippen LogP contribution >= 0.6 is 24.8 Å². The van der Waals surface area contributed by atoms with Crippen LogP contribution < -0.4 is 10.6 Å². The van der Waals surface area contributed by atoms with E-state index in [9.17, 15) is 9.59 Å². The number of nitrogens with one attached hydrogen (secondary N) is 2. The molecule has 2 aliphatic rings. The first-order valence-corrected chi connectivity index (χ1v) is 8.59. The van der Waals surface area contributed by atoms with Crippen molar-refractivity contribution in [1.29, 1.82) is 0 Å². The summed E-state index contributed by atoms with van der Waals surface area (Å²) in [5.41, 5.74) is 0. The minimum atomic E-state index is -0.168. The van der Waals surface area contributed by atoms with Crippen LogP contribution in [0, 0.1) is 5.92 Å². The Morgan fingerprint density at radius 3 is 2.71 bits per heavy atom. The van der Waals surface area contributed by atoms with E-state index in [4.69, 9.17) is 0 Å². The molecule has 0 spiro atoms. The van der Waals surface area contributed by atoms with Crippen LogP contribution in [0.3, 0.4) is 0 Å². The van der Waals surface area contributed by atoms with Gasteiger partial charge in [-0.15, -0.1) is 24.8 Å². The second-order valence-electron chi connectivity index (χ2n) is 6.37. The van der Waals surface area contributed by atoms with Gasteiger partial charge in [-0.1, -0.05) is 6.92 Å². The van der Waals surface area contributed by atoms with Crippen LogP contribution in [0.2, 0.25) is 0 Å². The lowest BCUT2D eigenvalue weighted by Gasteiger charge is -2.27. The molecular formula is C16H32Cl2N4O2. The van der Waals surface area contributed by atoms with Gasteiger partial charge in [-0.05, 0) is 45.9 Å². The van der Waals surface area contributed by atoms with Crippen molar-refractivity contribution in [3.05, 3.63) is 0 Å². The summed E-state index contributed by atoms with van der Waals surface area (Å²) in [6, 6.07) is 0.478. The van der Waals surface area contributed by atoms with E-state index in [0.29, 0.717) is 25.6 Å². The van der Waals surface area contributed by atoms with E-state index >= 15 is 0 Å². The average molecular weight is 383 g/mol. The summed E-state index contributed by atoms with van der Waals surface area (Å²) in [6.07, 6.45) is 3.67. The van der Waals surface area contributed by atoms with Crippen molar-refractivity contribution in [2.24, 2.45) is 5.92 Å². The molecule has 0 radical (unpaired) electrons. The zero-order chi connectivity index (χ0) is 15.9. The van der Waals surface area contributed by atoms with Gasteiger partial charge in [0.05, 0.1) is 5.92 Å². The minimum absolute atomic E-state index is 0. The van der Waals surface area contributed by atoms with Gasteiger partial charge in [0.15, 0.2) is 0 Å². The molecule has 0 saturated carbocycles. The van der Waals surface area contributed by atoms with E-state index in [1.54, 1.807) is 0 Å². The molecule has 2 aliphatic heterocycles. The van der Waals surface area contributed by atoms with Gasteiger partial charge in [-0.25, -0.2) is 0 Å². The Morgan fingerprint density at radius 1 is 1.29 bits per heavy atom. The molecule has 2 amide bonds. The van der Waals surface area contributed by atoms with E-state index in [1.807, 2.05) is 11.9 Å². The maximum absolute atomic E-state index is 12.2. The van der Waals surface area contributed by atoms with Gasteiger partial charge in [0.2, 0.25) is 11.8 Å². The highest BCUT2D eigenvalue weighted by Crippen LogP contribution is 2.23. The summed E-state index contributed by atoms with van der Waals surface area (Å²) >= 11 is 0. The first-order chi connectivity index (χ1) is 10.7. The normalized spacial score (nSPS) is 23.8. The molecule has 0 bridgehead atoms. The highest BCUT2D eigenvalue weighted by atomic mass is 35.5. The smallest absolute Gasteiger partial charge is 0.225 e. The molecule has 24 heavy (non-hydrogen) atoms. The van der Waals surface area contributed by atoms with Crippen LogP contribution in [0.4, 0.5) is 0 Å². The Labute approximate surface area is 157 Å². The Morgan fingerprint density at radius 2 is 2.04 bits per heavy atom. The largest absolute Gasteiger partial charge is 0.356 e. The topological polar surface area (TPSA) is 64.7 Å². The van der Waals surface area contributed by atoms with Gasteiger partial charge in [-0.2, -0.15) is 0 Å².